The highest BCUT2D eigenvalue weighted by Gasteiger charge is 2.16. The fraction of sp³-hybridized carbons (Fsp3) is 0.333. The first-order valence-electron chi connectivity index (χ1n) is 9.61. The minimum absolute atomic E-state index is 0.344. The lowest BCUT2D eigenvalue weighted by Crippen LogP contribution is -2.38. The summed E-state index contributed by atoms with van der Waals surface area (Å²) in [5.74, 6) is 0.826. The molecule has 1 aromatic heterocycles. The number of benzene rings is 2. The zero-order valence-electron chi connectivity index (χ0n) is 16.8. The van der Waals surface area contributed by atoms with Gasteiger partial charge in [0.1, 0.15) is 23.1 Å². The summed E-state index contributed by atoms with van der Waals surface area (Å²) < 4.78 is 26.5. The molecule has 0 saturated heterocycles. The number of hydrogen-bond donors (Lipinski definition) is 2. The Balaban J connectivity index is 1.94. The lowest BCUT2D eigenvalue weighted by molar-refractivity contribution is -0.119. The first kappa shape index (κ1) is 22.0. The number of fused-ring (bicyclic) bond motifs is 1. The van der Waals surface area contributed by atoms with Crippen LogP contribution in [0, 0.1) is 5.82 Å². The molecule has 3 aromatic rings. The van der Waals surface area contributed by atoms with Crippen LogP contribution in [0.5, 0.6) is 11.5 Å². The summed E-state index contributed by atoms with van der Waals surface area (Å²) in [4.78, 5) is 16.0. The maximum absolute atomic E-state index is 13.2. The van der Waals surface area contributed by atoms with Crippen molar-refractivity contribution in [2.75, 3.05) is 13.2 Å². The molecule has 0 aliphatic carbocycles. The molecule has 0 aliphatic heterocycles. The van der Waals surface area contributed by atoms with Gasteiger partial charge in [0.25, 0.3) is 0 Å². The van der Waals surface area contributed by atoms with Crippen molar-refractivity contribution >= 4 is 28.5 Å². The number of nitrogens with one attached hydrogen (secondary N) is 1. The quantitative estimate of drug-likeness (QED) is 0.475. The van der Waals surface area contributed by atoms with E-state index in [1.54, 1.807) is 19.1 Å². The summed E-state index contributed by atoms with van der Waals surface area (Å²) in [6.07, 6.45) is 0. The molecular weight excluding hydrogens is 411 g/mol. The van der Waals surface area contributed by atoms with E-state index < -0.39 is 11.9 Å². The highest BCUT2D eigenvalue weighted by Crippen LogP contribution is 2.34. The summed E-state index contributed by atoms with van der Waals surface area (Å²) in [6.45, 7) is 5.62. The van der Waals surface area contributed by atoms with Crippen molar-refractivity contribution in [2.45, 2.75) is 33.0 Å². The van der Waals surface area contributed by atoms with E-state index in [0.29, 0.717) is 54.2 Å². The molecule has 0 bridgehead atoms. The SMILES string of the molecule is CCOCCn1c(CN[C@@H](C)C(N)=O)nc2cc(Cl)c(Oc3ccc(F)cc3)cc21. The van der Waals surface area contributed by atoms with Gasteiger partial charge >= 0.3 is 0 Å². The van der Waals surface area contributed by atoms with Crippen molar-refractivity contribution in [1.29, 1.82) is 0 Å². The molecular formula is C21H24ClFN4O3. The van der Waals surface area contributed by atoms with Crippen molar-refractivity contribution in [3.8, 4) is 11.5 Å². The van der Waals surface area contributed by atoms with Crippen LogP contribution in [0.25, 0.3) is 11.0 Å². The number of carbonyl (C=O) groups is 1. The van der Waals surface area contributed by atoms with Gasteiger partial charge < -0.3 is 19.8 Å². The lowest BCUT2D eigenvalue weighted by Gasteiger charge is -2.13. The monoisotopic (exact) mass is 434 g/mol. The van der Waals surface area contributed by atoms with Gasteiger partial charge in [-0.2, -0.15) is 0 Å². The zero-order chi connectivity index (χ0) is 21.7. The number of nitrogens with two attached hydrogens (primary N) is 1. The van der Waals surface area contributed by atoms with E-state index in [2.05, 4.69) is 10.3 Å². The Bertz CT molecular complexity index is 1020. The Morgan fingerprint density at radius 2 is 2.07 bits per heavy atom. The third kappa shape index (κ3) is 5.27. The van der Waals surface area contributed by atoms with Crippen LogP contribution >= 0.6 is 11.6 Å². The van der Waals surface area contributed by atoms with Gasteiger partial charge in [-0.3, -0.25) is 10.1 Å². The van der Waals surface area contributed by atoms with Gasteiger partial charge in [0, 0.05) is 19.2 Å². The molecule has 2 aromatic carbocycles. The van der Waals surface area contributed by atoms with Crippen molar-refractivity contribution < 1.29 is 18.7 Å². The standard InChI is InChI=1S/C21H24ClFN4O3/c1-3-29-9-8-27-18-11-19(30-15-6-4-14(23)5-7-15)16(22)10-17(18)26-20(27)12-25-13(2)21(24)28/h4-7,10-11,13,25H,3,8-9,12H2,1-2H3,(H2,24,28)/t13-/m0/s1. The Morgan fingerprint density at radius 3 is 2.73 bits per heavy atom. The molecule has 1 amide bonds. The van der Waals surface area contributed by atoms with E-state index in [1.165, 1.54) is 24.3 Å². The highest BCUT2D eigenvalue weighted by atomic mass is 35.5. The predicted octanol–water partition coefficient (Wildman–Crippen LogP) is 3.62. The maximum Gasteiger partial charge on any atom is 0.234 e. The highest BCUT2D eigenvalue weighted by molar-refractivity contribution is 6.32. The second kappa shape index (κ2) is 9.88. The van der Waals surface area contributed by atoms with E-state index in [0.717, 1.165) is 5.52 Å². The van der Waals surface area contributed by atoms with Crippen LogP contribution in [-0.2, 0) is 22.6 Å². The van der Waals surface area contributed by atoms with Crippen molar-refractivity contribution in [3.63, 3.8) is 0 Å². The number of rotatable bonds is 10. The fourth-order valence-corrected chi connectivity index (χ4v) is 3.11. The Morgan fingerprint density at radius 1 is 1.33 bits per heavy atom. The predicted molar refractivity (Wildman–Crippen MR) is 113 cm³/mol. The summed E-state index contributed by atoms with van der Waals surface area (Å²) in [5, 5.41) is 3.45. The number of hydrogen-bond acceptors (Lipinski definition) is 5. The molecule has 0 fully saturated rings. The van der Waals surface area contributed by atoms with Crippen LogP contribution in [0.15, 0.2) is 36.4 Å². The van der Waals surface area contributed by atoms with Crippen LogP contribution in [0.4, 0.5) is 4.39 Å². The zero-order valence-corrected chi connectivity index (χ0v) is 17.6. The number of nitrogens with zero attached hydrogens (tertiary/aromatic N) is 2. The van der Waals surface area contributed by atoms with Gasteiger partial charge in [0.15, 0.2) is 0 Å². The van der Waals surface area contributed by atoms with Crippen molar-refractivity contribution in [2.24, 2.45) is 5.73 Å². The van der Waals surface area contributed by atoms with Gasteiger partial charge in [-0.05, 0) is 44.2 Å². The molecule has 1 atom stereocenters. The number of carbonyl (C=O) groups excluding carboxylic acids is 1. The average molecular weight is 435 g/mol. The van der Waals surface area contributed by atoms with E-state index in [1.807, 2.05) is 11.5 Å². The average Bonchev–Trinajstić information content (AvgIpc) is 3.04. The minimum Gasteiger partial charge on any atom is -0.456 e. The molecule has 3 N–H and O–H groups in total. The lowest BCUT2D eigenvalue weighted by atomic mass is 10.3. The number of ether oxygens (including phenoxy) is 2. The van der Waals surface area contributed by atoms with Crippen molar-refractivity contribution in [3.05, 3.63) is 53.1 Å². The minimum atomic E-state index is -0.494. The molecule has 9 heteroatoms. The van der Waals surface area contributed by atoms with Crippen LogP contribution < -0.4 is 15.8 Å². The normalized spacial score (nSPS) is 12.3. The molecule has 160 valence electrons. The number of primary amides is 1. The Hall–Kier alpha value is -2.68. The number of aromatic nitrogens is 2. The maximum atomic E-state index is 13.2. The van der Waals surface area contributed by atoms with E-state index in [-0.39, 0.29) is 5.82 Å². The number of imidazole rings is 1. The topological polar surface area (TPSA) is 91.4 Å². The van der Waals surface area contributed by atoms with Gasteiger partial charge in [0.05, 0.1) is 35.2 Å². The van der Waals surface area contributed by atoms with Crippen LogP contribution in [0.1, 0.15) is 19.7 Å². The van der Waals surface area contributed by atoms with E-state index in [4.69, 9.17) is 26.8 Å². The first-order valence-corrected chi connectivity index (χ1v) is 9.99. The second-order valence-corrected chi connectivity index (χ2v) is 7.12. The molecule has 0 unspecified atom stereocenters. The van der Waals surface area contributed by atoms with Crippen molar-refractivity contribution in [1.82, 2.24) is 14.9 Å². The van der Waals surface area contributed by atoms with Crippen LogP contribution in [0.2, 0.25) is 5.02 Å². The summed E-state index contributed by atoms with van der Waals surface area (Å²) in [7, 11) is 0. The molecule has 7 nitrogen and oxygen atoms in total. The van der Waals surface area contributed by atoms with E-state index in [9.17, 15) is 9.18 Å². The summed E-state index contributed by atoms with van der Waals surface area (Å²) in [5.41, 5.74) is 6.82. The molecule has 0 spiro atoms. The smallest absolute Gasteiger partial charge is 0.234 e. The van der Waals surface area contributed by atoms with Gasteiger partial charge in [0.2, 0.25) is 5.91 Å². The van der Waals surface area contributed by atoms with Gasteiger partial charge in [-0.15, -0.1) is 0 Å². The summed E-state index contributed by atoms with van der Waals surface area (Å²) >= 11 is 6.39. The first-order chi connectivity index (χ1) is 14.4. The van der Waals surface area contributed by atoms with Gasteiger partial charge in [-0.25, -0.2) is 9.37 Å². The number of amides is 1. The summed E-state index contributed by atoms with van der Waals surface area (Å²) in [6, 6.07) is 8.71. The molecule has 0 radical (unpaired) electrons. The molecule has 30 heavy (non-hydrogen) atoms. The van der Waals surface area contributed by atoms with Gasteiger partial charge in [-0.1, -0.05) is 11.6 Å². The molecule has 0 aliphatic rings. The third-order valence-electron chi connectivity index (χ3n) is 4.58. The molecule has 1 heterocycles. The second-order valence-electron chi connectivity index (χ2n) is 6.71. The Kier molecular flexibility index (Phi) is 7.25. The third-order valence-corrected chi connectivity index (χ3v) is 4.87. The van der Waals surface area contributed by atoms with Crippen LogP contribution in [-0.4, -0.2) is 34.7 Å². The Labute approximate surface area is 178 Å². The number of halogens is 2. The largest absolute Gasteiger partial charge is 0.456 e. The van der Waals surface area contributed by atoms with E-state index >= 15 is 0 Å². The fourth-order valence-electron chi connectivity index (χ4n) is 2.91. The van der Waals surface area contributed by atoms with Crippen LogP contribution in [0.3, 0.4) is 0 Å². The molecule has 0 saturated carbocycles. The molecule has 3 rings (SSSR count).